The van der Waals surface area contributed by atoms with Gasteiger partial charge in [0.05, 0.1) is 11.4 Å². The van der Waals surface area contributed by atoms with Crippen LogP contribution in [-0.2, 0) is 7.05 Å². The second-order valence-electron chi connectivity index (χ2n) is 3.09. The van der Waals surface area contributed by atoms with Crippen LogP contribution in [0.15, 0.2) is 24.4 Å². The average Bonchev–Trinajstić information content (AvgIpc) is 2.47. The number of halogens is 1. The van der Waals surface area contributed by atoms with Crippen molar-refractivity contribution in [1.82, 2.24) is 14.8 Å². The van der Waals surface area contributed by atoms with Crippen molar-refractivity contribution in [2.75, 3.05) is 0 Å². The highest BCUT2D eigenvalue weighted by molar-refractivity contribution is 5.54. The van der Waals surface area contributed by atoms with Crippen LogP contribution in [0.3, 0.4) is 0 Å². The first kappa shape index (κ1) is 8.87. The van der Waals surface area contributed by atoms with E-state index in [4.69, 9.17) is 0 Å². The molecule has 0 aliphatic carbocycles. The summed E-state index contributed by atoms with van der Waals surface area (Å²) in [6.45, 7) is 1.69. The van der Waals surface area contributed by atoms with E-state index in [0.717, 1.165) is 0 Å². The molecule has 0 N–H and O–H groups in total. The van der Waals surface area contributed by atoms with Crippen LogP contribution < -0.4 is 0 Å². The van der Waals surface area contributed by atoms with Crippen molar-refractivity contribution < 1.29 is 4.39 Å². The van der Waals surface area contributed by atoms with E-state index in [1.165, 1.54) is 4.68 Å². The molecule has 2 aromatic rings. The lowest BCUT2D eigenvalue weighted by atomic mass is 10.2. The first-order chi connectivity index (χ1) is 6.70. The topological polar surface area (TPSA) is 30.7 Å². The Bertz CT molecular complexity index is 448. The Labute approximate surface area is 81.2 Å². The fourth-order valence-corrected chi connectivity index (χ4v) is 1.25. The second-order valence-corrected chi connectivity index (χ2v) is 3.09. The Kier molecular flexibility index (Phi) is 2.04. The molecule has 0 aliphatic heterocycles. The summed E-state index contributed by atoms with van der Waals surface area (Å²) < 4.78 is 15.1. The smallest absolute Gasteiger partial charge is 0.173 e. The van der Waals surface area contributed by atoms with Crippen LogP contribution in [0.4, 0.5) is 4.39 Å². The second kappa shape index (κ2) is 3.21. The average molecular weight is 191 g/mol. The summed E-state index contributed by atoms with van der Waals surface area (Å²) in [6, 6.07) is 5.34. The Balaban J connectivity index is 2.58. The summed E-state index contributed by atoms with van der Waals surface area (Å²) in [5.41, 5.74) is 1.39. The van der Waals surface area contributed by atoms with Crippen LogP contribution in [-0.4, -0.2) is 14.8 Å². The zero-order valence-electron chi connectivity index (χ0n) is 8.03. The maximum Gasteiger partial charge on any atom is 0.173 e. The van der Waals surface area contributed by atoms with Gasteiger partial charge in [-0.3, -0.25) is 9.67 Å². The number of aryl methyl sites for hydroxylation is 1. The van der Waals surface area contributed by atoms with Crippen LogP contribution in [0.5, 0.6) is 0 Å². The van der Waals surface area contributed by atoms with Crippen molar-refractivity contribution in [2.45, 2.75) is 6.92 Å². The largest absolute Gasteiger partial charge is 0.269 e. The maximum atomic E-state index is 13.6. The molecule has 0 bridgehead atoms. The summed E-state index contributed by atoms with van der Waals surface area (Å²) >= 11 is 0. The van der Waals surface area contributed by atoms with E-state index in [9.17, 15) is 4.39 Å². The number of rotatable bonds is 1. The van der Waals surface area contributed by atoms with E-state index in [2.05, 4.69) is 10.1 Å². The minimum absolute atomic E-state index is 0.300. The molecule has 4 heteroatoms. The molecule has 0 aromatic carbocycles. The molecule has 0 saturated carbocycles. The maximum absolute atomic E-state index is 13.6. The molecular formula is C10H10FN3. The summed E-state index contributed by atoms with van der Waals surface area (Å²) in [6.07, 6.45) is 1.62. The number of pyridine rings is 1. The molecule has 0 aliphatic rings. The third kappa shape index (κ3) is 1.28. The van der Waals surface area contributed by atoms with Gasteiger partial charge in [-0.2, -0.15) is 5.10 Å². The van der Waals surface area contributed by atoms with Gasteiger partial charge in [-0.15, -0.1) is 0 Å². The van der Waals surface area contributed by atoms with Crippen molar-refractivity contribution in [1.29, 1.82) is 0 Å². The van der Waals surface area contributed by atoms with Gasteiger partial charge in [0.25, 0.3) is 0 Å². The fraction of sp³-hybridized carbons (Fsp3) is 0.200. The van der Waals surface area contributed by atoms with E-state index in [0.29, 0.717) is 17.1 Å². The minimum atomic E-state index is -0.300. The lowest BCUT2D eigenvalue weighted by molar-refractivity contribution is 0.612. The molecule has 72 valence electrons. The van der Waals surface area contributed by atoms with Crippen LogP contribution in [0.25, 0.3) is 11.4 Å². The van der Waals surface area contributed by atoms with Gasteiger partial charge >= 0.3 is 0 Å². The number of nitrogens with zero attached hydrogens (tertiary/aromatic N) is 3. The minimum Gasteiger partial charge on any atom is -0.269 e. The van der Waals surface area contributed by atoms with E-state index >= 15 is 0 Å². The molecule has 0 spiro atoms. The van der Waals surface area contributed by atoms with Crippen LogP contribution in [0.2, 0.25) is 0 Å². The molecule has 14 heavy (non-hydrogen) atoms. The number of hydrogen-bond acceptors (Lipinski definition) is 2. The van der Waals surface area contributed by atoms with E-state index in [1.807, 2.05) is 6.07 Å². The van der Waals surface area contributed by atoms with Crippen molar-refractivity contribution in [3.8, 4) is 11.4 Å². The third-order valence-corrected chi connectivity index (χ3v) is 2.17. The van der Waals surface area contributed by atoms with Crippen molar-refractivity contribution in [3.05, 3.63) is 35.9 Å². The molecule has 0 unspecified atom stereocenters. The molecule has 0 radical (unpaired) electrons. The van der Waals surface area contributed by atoms with Crippen molar-refractivity contribution in [3.63, 3.8) is 0 Å². The molecule has 2 rings (SSSR count). The SMILES string of the molecule is Cc1c(F)c(-c2ccccn2)nn1C. The highest BCUT2D eigenvalue weighted by atomic mass is 19.1. The monoisotopic (exact) mass is 191 g/mol. The Morgan fingerprint density at radius 1 is 1.36 bits per heavy atom. The van der Waals surface area contributed by atoms with Gasteiger partial charge in [0.2, 0.25) is 0 Å². The van der Waals surface area contributed by atoms with Crippen LogP contribution in [0, 0.1) is 12.7 Å². The third-order valence-electron chi connectivity index (χ3n) is 2.17. The molecule has 3 nitrogen and oxygen atoms in total. The number of hydrogen-bond donors (Lipinski definition) is 0. The standard InChI is InChI=1S/C10H10FN3/c1-7-9(11)10(13-14(7)2)8-5-3-4-6-12-8/h3-6H,1-2H3. The molecule has 2 aromatic heterocycles. The van der Waals surface area contributed by atoms with E-state index in [-0.39, 0.29) is 5.82 Å². The zero-order valence-corrected chi connectivity index (χ0v) is 8.03. The molecule has 0 saturated heterocycles. The van der Waals surface area contributed by atoms with Crippen molar-refractivity contribution in [2.24, 2.45) is 7.05 Å². The van der Waals surface area contributed by atoms with Crippen LogP contribution in [0.1, 0.15) is 5.69 Å². The van der Waals surface area contributed by atoms with E-state index in [1.54, 1.807) is 32.3 Å². The highest BCUT2D eigenvalue weighted by Crippen LogP contribution is 2.20. The first-order valence-corrected chi connectivity index (χ1v) is 4.30. The van der Waals surface area contributed by atoms with Gasteiger partial charge in [0.15, 0.2) is 5.82 Å². The zero-order chi connectivity index (χ0) is 10.1. The predicted octanol–water partition coefficient (Wildman–Crippen LogP) is 1.93. The van der Waals surface area contributed by atoms with Gasteiger partial charge in [0, 0.05) is 13.2 Å². The Hall–Kier alpha value is -1.71. The quantitative estimate of drug-likeness (QED) is 0.689. The lowest BCUT2D eigenvalue weighted by Gasteiger charge is -1.93. The van der Waals surface area contributed by atoms with Crippen LogP contribution >= 0.6 is 0 Å². The normalized spacial score (nSPS) is 10.5. The van der Waals surface area contributed by atoms with Gasteiger partial charge in [-0.05, 0) is 19.1 Å². The first-order valence-electron chi connectivity index (χ1n) is 4.30. The molecule has 2 heterocycles. The highest BCUT2D eigenvalue weighted by Gasteiger charge is 2.14. The summed E-state index contributed by atoms with van der Waals surface area (Å²) in [5, 5.41) is 4.06. The Morgan fingerprint density at radius 2 is 2.14 bits per heavy atom. The Morgan fingerprint density at radius 3 is 2.64 bits per heavy atom. The predicted molar refractivity (Wildman–Crippen MR) is 51.1 cm³/mol. The lowest BCUT2D eigenvalue weighted by Crippen LogP contribution is -1.92. The van der Waals surface area contributed by atoms with Gasteiger partial charge in [-0.25, -0.2) is 4.39 Å². The molecule has 0 fully saturated rings. The molecular weight excluding hydrogens is 181 g/mol. The molecule has 0 atom stereocenters. The van der Waals surface area contributed by atoms with Crippen molar-refractivity contribution >= 4 is 0 Å². The van der Waals surface area contributed by atoms with Gasteiger partial charge in [0.1, 0.15) is 5.69 Å². The summed E-state index contributed by atoms with van der Waals surface area (Å²) in [4.78, 5) is 4.05. The molecule has 0 amide bonds. The number of aromatic nitrogens is 3. The fourth-order valence-electron chi connectivity index (χ4n) is 1.25. The summed E-state index contributed by atoms with van der Waals surface area (Å²) in [7, 11) is 1.71. The van der Waals surface area contributed by atoms with E-state index < -0.39 is 0 Å². The summed E-state index contributed by atoms with van der Waals surface area (Å²) in [5.74, 6) is -0.300. The van der Waals surface area contributed by atoms with Gasteiger partial charge in [-0.1, -0.05) is 6.07 Å². The van der Waals surface area contributed by atoms with Gasteiger partial charge < -0.3 is 0 Å².